The number of nitrogens with one attached hydrogen (secondary N) is 1. The topological polar surface area (TPSA) is 127 Å². The first-order valence-corrected chi connectivity index (χ1v) is 13.4. The van der Waals surface area contributed by atoms with Crippen LogP contribution in [0.2, 0.25) is 0 Å². The Labute approximate surface area is 178 Å². The molecule has 1 fully saturated rings. The number of benzene rings is 1. The summed E-state index contributed by atoms with van der Waals surface area (Å²) in [5.41, 5.74) is -0.179. The van der Waals surface area contributed by atoms with E-state index in [9.17, 15) is 26.7 Å². The van der Waals surface area contributed by atoms with Gasteiger partial charge in [-0.15, -0.1) is 0 Å². The quantitative estimate of drug-likeness (QED) is 0.637. The van der Waals surface area contributed by atoms with Crippen LogP contribution in [0.15, 0.2) is 29.2 Å². The molecular formula is C20H31NO7S2. The molecule has 30 heavy (non-hydrogen) atoms. The molecule has 1 unspecified atom stereocenters. The van der Waals surface area contributed by atoms with Gasteiger partial charge in [-0.2, -0.15) is 0 Å². The predicted molar refractivity (Wildman–Crippen MR) is 114 cm³/mol. The molecule has 2 N–H and O–H groups in total. The van der Waals surface area contributed by atoms with Crippen LogP contribution in [-0.4, -0.2) is 57.4 Å². The summed E-state index contributed by atoms with van der Waals surface area (Å²) in [6.07, 6.45) is -0.639. The van der Waals surface area contributed by atoms with E-state index in [1.165, 1.54) is 12.1 Å². The fraction of sp³-hybridized carbons (Fsp3) is 0.650. The van der Waals surface area contributed by atoms with Crippen molar-refractivity contribution in [3.8, 4) is 0 Å². The lowest BCUT2D eigenvalue weighted by Gasteiger charge is -2.22. The molecule has 0 bridgehead atoms. The average Bonchev–Trinajstić information content (AvgIpc) is 2.62. The zero-order valence-electron chi connectivity index (χ0n) is 17.6. The van der Waals surface area contributed by atoms with Crippen LogP contribution < -0.4 is 5.32 Å². The Balaban J connectivity index is 1.95. The Morgan fingerprint density at radius 2 is 1.90 bits per heavy atom. The molecule has 1 amide bonds. The number of hydrogen-bond acceptors (Lipinski definition) is 7. The van der Waals surface area contributed by atoms with Gasteiger partial charge in [0, 0.05) is 6.54 Å². The van der Waals surface area contributed by atoms with Crippen LogP contribution in [0.5, 0.6) is 0 Å². The maximum absolute atomic E-state index is 12.8. The molecule has 0 aliphatic carbocycles. The van der Waals surface area contributed by atoms with Crippen molar-refractivity contribution in [1.82, 2.24) is 5.32 Å². The number of amides is 1. The van der Waals surface area contributed by atoms with E-state index in [1.54, 1.807) is 32.9 Å². The van der Waals surface area contributed by atoms with Crippen molar-refractivity contribution >= 4 is 25.8 Å². The van der Waals surface area contributed by atoms with Crippen molar-refractivity contribution < 1.29 is 31.5 Å². The molecule has 1 atom stereocenters. The molecule has 1 aliphatic rings. The summed E-state index contributed by atoms with van der Waals surface area (Å²) in [5, 5.41) is 12.9. The van der Waals surface area contributed by atoms with Gasteiger partial charge in [0.1, 0.15) is 15.4 Å². The molecule has 0 saturated carbocycles. The third kappa shape index (κ3) is 7.88. The van der Waals surface area contributed by atoms with Crippen LogP contribution in [0.25, 0.3) is 0 Å². The van der Waals surface area contributed by atoms with Crippen molar-refractivity contribution in [2.24, 2.45) is 5.92 Å². The second-order valence-corrected chi connectivity index (χ2v) is 13.0. The number of aliphatic hydroxyl groups is 1. The second-order valence-electron chi connectivity index (χ2n) is 8.68. The molecular weight excluding hydrogens is 430 g/mol. The number of aliphatic hydroxyl groups excluding tert-OH is 1. The fourth-order valence-corrected chi connectivity index (χ4v) is 6.56. The lowest BCUT2D eigenvalue weighted by Crippen LogP contribution is -2.33. The molecule has 2 rings (SSSR count). The number of ether oxygens (including phenoxy) is 1. The number of hydrogen-bond donors (Lipinski definition) is 2. The van der Waals surface area contributed by atoms with E-state index >= 15 is 0 Å². The number of carbonyl (C=O) groups is 1. The SMILES string of the molecule is CC(C)(C)OC(=O)NCCC(O)c1cccc(S(=O)(=O)CC2CCS(=O)(=O)CC2)c1. The third-order valence-electron chi connectivity index (χ3n) is 4.82. The fourth-order valence-electron chi connectivity index (χ4n) is 3.22. The van der Waals surface area contributed by atoms with E-state index in [0.717, 1.165) is 0 Å². The molecule has 1 heterocycles. The number of carbonyl (C=O) groups excluding carboxylic acids is 1. The van der Waals surface area contributed by atoms with Gasteiger partial charge in [0.2, 0.25) is 0 Å². The minimum absolute atomic E-state index is 0.0244. The molecule has 0 aromatic heterocycles. The summed E-state index contributed by atoms with van der Waals surface area (Å²) in [6.45, 7) is 5.42. The summed E-state index contributed by atoms with van der Waals surface area (Å²) in [6, 6.07) is 6.11. The number of alkyl carbamates (subject to hydrolysis) is 1. The largest absolute Gasteiger partial charge is 0.444 e. The lowest BCUT2D eigenvalue weighted by molar-refractivity contribution is 0.0518. The monoisotopic (exact) mass is 461 g/mol. The maximum Gasteiger partial charge on any atom is 0.407 e. The summed E-state index contributed by atoms with van der Waals surface area (Å²) in [4.78, 5) is 11.8. The molecule has 0 radical (unpaired) electrons. The third-order valence-corrected chi connectivity index (χ3v) is 8.42. The van der Waals surface area contributed by atoms with Gasteiger partial charge >= 0.3 is 6.09 Å². The van der Waals surface area contributed by atoms with Crippen molar-refractivity contribution in [2.45, 2.75) is 56.6 Å². The lowest BCUT2D eigenvalue weighted by atomic mass is 10.1. The zero-order valence-corrected chi connectivity index (χ0v) is 19.3. The number of sulfone groups is 2. The Bertz CT molecular complexity index is 936. The Kier molecular flexibility index (Phi) is 7.92. The molecule has 170 valence electrons. The van der Waals surface area contributed by atoms with E-state index in [1.807, 2.05) is 0 Å². The molecule has 0 spiro atoms. The van der Waals surface area contributed by atoms with Gasteiger partial charge in [-0.1, -0.05) is 12.1 Å². The summed E-state index contributed by atoms with van der Waals surface area (Å²) in [7, 11) is -6.65. The van der Waals surface area contributed by atoms with E-state index in [2.05, 4.69) is 5.32 Å². The van der Waals surface area contributed by atoms with Gasteiger partial charge in [0.25, 0.3) is 0 Å². The molecule has 1 aliphatic heterocycles. The van der Waals surface area contributed by atoms with E-state index < -0.39 is 37.5 Å². The van der Waals surface area contributed by atoms with Crippen molar-refractivity contribution in [2.75, 3.05) is 23.8 Å². The maximum atomic E-state index is 12.8. The summed E-state index contributed by atoms with van der Waals surface area (Å²) < 4.78 is 53.7. The number of rotatable bonds is 7. The van der Waals surface area contributed by atoms with Crippen LogP contribution in [0.4, 0.5) is 4.79 Å². The van der Waals surface area contributed by atoms with Gasteiger partial charge in [-0.25, -0.2) is 21.6 Å². The minimum atomic E-state index is -3.60. The molecule has 10 heteroatoms. The van der Waals surface area contributed by atoms with E-state index in [4.69, 9.17) is 4.74 Å². The van der Waals surface area contributed by atoms with Gasteiger partial charge in [0.15, 0.2) is 9.84 Å². The highest BCUT2D eigenvalue weighted by Gasteiger charge is 2.28. The Morgan fingerprint density at radius 1 is 1.27 bits per heavy atom. The van der Waals surface area contributed by atoms with Gasteiger partial charge in [-0.05, 0) is 63.6 Å². The van der Waals surface area contributed by atoms with Gasteiger partial charge < -0.3 is 15.2 Å². The van der Waals surface area contributed by atoms with Crippen LogP contribution >= 0.6 is 0 Å². The molecule has 1 saturated heterocycles. The van der Waals surface area contributed by atoms with E-state index in [-0.39, 0.29) is 41.0 Å². The van der Waals surface area contributed by atoms with Crippen molar-refractivity contribution in [3.05, 3.63) is 29.8 Å². The standard InChI is InChI=1S/C20H31NO7S2/c1-20(2,3)28-19(23)21-10-7-18(22)16-5-4-6-17(13-16)30(26,27)14-15-8-11-29(24,25)12-9-15/h4-6,13,15,18,22H,7-12,14H2,1-3H3,(H,21,23). The Hall–Kier alpha value is -1.65. The first kappa shape index (κ1) is 24.6. The molecule has 8 nitrogen and oxygen atoms in total. The first-order chi connectivity index (χ1) is 13.8. The minimum Gasteiger partial charge on any atom is -0.444 e. The van der Waals surface area contributed by atoms with Crippen molar-refractivity contribution in [3.63, 3.8) is 0 Å². The smallest absolute Gasteiger partial charge is 0.407 e. The first-order valence-electron chi connectivity index (χ1n) is 9.95. The van der Waals surface area contributed by atoms with Crippen LogP contribution in [-0.2, 0) is 24.4 Å². The zero-order chi connectivity index (χ0) is 22.6. The highest BCUT2D eigenvalue weighted by Crippen LogP contribution is 2.26. The summed E-state index contributed by atoms with van der Waals surface area (Å²) >= 11 is 0. The predicted octanol–water partition coefficient (Wildman–Crippen LogP) is 2.23. The Morgan fingerprint density at radius 3 is 2.50 bits per heavy atom. The van der Waals surface area contributed by atoms with Gasteiger partial charge in [0.05, 0.1) is 28.3 Å². The van der Waals surface area contributed by atoms with Crippen LogP contribution in [0.1, 0.15) is 51.7 Å². The molecule has 1 aromatic rings. The highest BCUT2D eigenvalue weighted by atomic mass is 32.2. The molecule has 1 aromatic carbocycles. The van der Waals surface area contributed by atoms with Crippen LogP contribution in [0.3, 0.4) is 0 Å². The normalized spacial score (nSPS) is 18.5. The van der Waals surface area contributed by atoms with Gasteiger partial charge in [-0.3, -0.25) is 0 Å². The van der Waals surface area contributed by atoms with Crippen LogP contribution in [0, 0.1) is 5.92 Å². The van der Waals surface area contributed by atoms with E-state index in [0.29, 0.717) is 18.4 Å². The van der Waals surface area contributed by atoms with Crippen molar-refractivity contribution in [1.29, 1.82) is 0 Å². The average molecular weight is 462 g/mol. The second kappa shape index (κ2) is 9.65. The highest BCUT2D eigenvalue weighted by molar-refractivity contribution is 7.92. The summed E-state index contributed by atoms with van der Waals surface area (Å²) in [5.74, 6) is -0.250.